The van der Waals surface area contributed by atoms with Crippen molar-refractivity contribution in [3.63, 3.8) is 0 Å². The van der Waals surface area contributed by atoms with Crippen LogP contribution in [0.2, 0.25) is 0 Å². The number of methoxy groups -OCH3 is 1. The minimum atomic E-state index is 0.186. The monoisotopic (exact) mass is 281 g/mol. The van der Waals surface area contributed by atoms with Crippen molar-refractivity contribution in [3.8, 4) is 5.75 Å². The molecule has 21 heavy (non-hydrogen) atoms. The fourth-order valence-corrected chi connectivity index (χ4v) is 2.78. The van der Waals surface area contributed by atoms with Gasteiger partial charge in [-0.3, -0.25) is 4.79 Å². The first kappa shape index (κ1) is 13.7. The van der Waals surface area contributed by atoms with Crippen molar-refractivity contribution in [1.29, 1.82) is 0 Å². The van der Waals surface area contributed by atoms with E-state index in [9.17, 15) is 4.79 Å². The minimum Gasteiger partial charge on any atom is -0.497 e. The van der Waals surface area contributed by atoms with E-state index in [4.69, 9.17) is 4.74 Å². The van der Waals surface area contributed by atoms with Crippen LogP contribution >= 0.6 is 0 Å². The maximum atomic E-state index is 12.3. The van der Waals surface area contributed by atoms with Crippen LogP contribution in [0.3, 0.4) is 0 Å². The van der Waals surface area contributed by atoms with Crippen LogP contribution in [0.25, 0.3) is 0 Å². The van der Waals surface area contributed by atoms with Crippen LogP contribution in [-0.4, -0.2) is 19.6 Å². The van der Waals surface area contributed by atoms with Gasteiger partial charge in [0.1, 0.15) is 5.75 Å². The topological polar surface area (TPSA) is 29.5 Å². The molecule has 1 aliphatic heterocycles. The van der Waals surface area contributed by atoms with E-state index in [1.54, 1.807) is 7.11 Å². The third-order valence-electron chi connectivity index (χ3n) is 4.06. The van der Waals surface area contributed by atoms with Gasteiger partial charge in [-0.1, -0.05) is 29.8 Å². The van der Waals surface area contributed by atoms with Crippen LogP contribution in [0.15, 0.2) is 48.5 Å². The Kier molecular flexibility index (Phi) is 3.65. The molecule has 0 bridgehead atoms. The summed E-state index contributed by atoms with van der Waals surface area (Å²) < 4.78 is 5.16. The minimum absolute atomic E-state index is 0.186. The first-order valence-electron chi connectivity index (χ1n) is 7.18. The van der Waals surface area contributed by atoms with Crippen LogP contribution in [0.1, 0.15) is 23.5 Å². The summed E-state index contributed by atoms with van der Waals surface area (Å²) in [5.74, 6) is 1.27. The molecule has 1 amide bonds. The molecule has 0 unspecified atom stereocenters. The Morgan fingerprint density at radius 3 is 2.33 bits per heavy atom. The summed E-state index contributed by atoms with van der Waals surface area (Å²) in [4.78, 5) is 14.1. The second kappa shape index (κ2) is 5.60. The van der Waals surface area contributed by atoms with Crippen molar-refractivity contribution in [3.05, 3.63) is 59.7 Å². The van der Waals surface area contributed by atoms with Crippen molar-refractivity contribution in [2.75, 3.05) is 18.6 Å². The number of ether oxygens (including phenoxy) is 1. The molecule has 0 N–H and O–H groups in total. The number of nitrogens with zero attached hydrogens (tertiary/aromatic N) is 1. The van der Waals surface area contributed by atoms with E-state index in [-0.39, 0.29) is 11.8 Å². The highest BCUT2D eigenvalue weighted by molar-refractivity contribution is 5.96. The normalized spacial score (nSPS) is 18.1. The third-order valence-corrected chi connectivity index (χ3v) is 4.06. The molecule has 1 aliphatic rings. The van der Waals surface area contributed by atoms with E-state index in [1.165, 1.54) is 11.1 Å². The largest absolute Gasteiger partial charge is 0.497 e. The quantitative estimate of drug-likeness (QED) is 0.861. The SMILES string of the molecule is COc1ccc(N2C[C@H](c3ccc(C)cc3)CC2=O)cc1. The Balaban J connectivity index is 1.79. The summed E-state index contributed by atoms with van der Waals surface area (Å²) in [7, 11) is 1.64. The van der Waals surface area contributed by atoms with Gasteiger partial charge < -0.3 is 9.64 Å². The molecule has 1 saturated heterocycles. The van der Waals surface area contributed by atoms with Gasteiger partial charge in [-0.25, -0.2) is 0 Å². The second-order valence-electron chi connectivity index (χ2n) is 5.51. The van der Waals surface area contributed by atoms with Crippen molar-refractivity contribution in [2.24, 2.45) is 0 Å². The van der Waals surface area contributed by atoms with Gasteiger partial charge in [-0.2, -0.15) is 0 Å². The zero-order valence-electron chi connectivity index (χ0n) is 12.4. The average molecular weight is 281 g/mol. The van der Waals surface area contributed by atoms with E-state index >= 15 is 0 Å². The van der Waals surface area contributed by atoms with Gasteiger partial charge >= 0.3 is 0 Å². The Bertz CT molecular complexity index is 631. The summed E-state index contributed by atoms with van der Waals surface area (Å²) in [5, 5.41) is 0. The van der Waals surface area contributed by atoms with Crippen LogP contribution in [-0.2, 0) is 4.79 Å². The number of hydrogen-bond acceptors (Lipinski definition) is 2. The average Bonchev–Trinajstić information content (AvgIpc) is 2.90. The van der Waals surface area contributed by atoms with Gasteiger partial charge in [-0.05, 0) is 36.8 Å². The van der Waals surface area contributed by atoms with Gasteiger partial charge in [0, 0.05) is 24.6 Å². The number of amides is 1. The zero-order valence-corrected chi connectivity index (χ0v) is 12.4. The standard InChI is InChI=1S/C18H19NO2/c1-13-3-5-14(6-4-13)15-11-18(20)19(12-15)16-7-9-17(21-2)10-8-16/h3-10,15H,11-12H2,1-2H3/t15-/m1/s1. The first-order valence-corrected chi connectivity index (χ1v) is 7.18. The summed E-state index contributed by atoms with van der Waals surface area (Å²) in [6.07, 6.45) is 0.578. The smallest absolute Gasteiger partial charge is 0.227 e. The molecular formula is C18H19NO2. The number of carbonyl (C=O) groups is 1. The molecule has 2 aromatic rings. The molecule has 0 aromatic heterocycles. The van der Waals surface area contributed by atoms with Crippen molar-refractivity contribution < 1.29 is 9.53 Å². The number of hydrogen-bond donors (Lipinski definition) is 0. The number of carbonyl (C=O) groups excluding carboxylic acids is 1. The highest BCUT2D eigenvalue weighted by Crippen LogP contribution is 2.32. The number of anilines is 1. The first-order chi connectivity index (χ1) is 10.2. The van der Waals surface area contributed by atoms with Gasteiger partial charge in [0.15, 0.2) is 0 Å². The maximum Gasteiger partial charge on any atom is 0.227 e. The number of benzene rings is 2. The lowest BCUT2D eigenvalue weighted by Gasteiger charge is -2.17. The van der Waals surface area contributed by atoms with Crippen LogP contribution in [0.4, 0.5) is 5.69 Å². The van der Waals surface area contributed by atoms with E-state index in [2.05, 4.69) is 31.2 Å². The molecule has 3 nitrogen and oxygen atoms in total. The zero-order chi connectivity index (χ0) is 14.8. The molecule has 1 fully saturated rings. The fraction of sp³-hybridized carbons (Fsp3) is 0.278. The fourth-order valence-electron chi connectivity index (χ4n) is 2.78. The lowest BCUT2D eigenvalue weighted by Crippen LogP contribution is -2.24. The molecule has 0 spiro atoms. The Morgan fingerprint density at radius 2 is 1.71 bits per heavy atom. The molecule has 0 saturated carbocycles. The lowest BCUT2D eigenvalue weighted by atomic mass is 9.97. The van der Waals surface area contributed by atoms with Gasteiger partial charge in [-0.15, -0.1) is 0 Å². The number of aryl methyl sites for hydroxylation is 1. The molecule has 108 valence electrons. The van der Waals surface area contributed by atoms with Crippen LogP contribution in [0.5, 0.6) is 5.75 Å². The van der Waals surface area contributed by atoms with E-state index in [0.717, 1.165) is 18.0 Å². The highest BCUT2D eigenvalue weighted by Gasteiger charge is 2.31. The molecule has 1 heterocycles. The molecule has 3 heteroatoms. The predicted octanol–water partition coefficient (Wildman–Crippen LogP) is 3.52. The Morgan fingerprint density at radius 1 is 1.05 bits per heavy atom. The molecule has 0 aliphatic carbocycles. The van der Waals surface area contributed by atoms with Crippen molar-refractivity contribution >= 4 is 11.6 Å². The lowest BCUT2D eigenvalue weighted by molar-refractivity contribution is -0.117. The van der Waals surface area contributed by atoms with Gasteiger partial charge in [0.05, 0.1) is 7.11 Å². The maximum absolute atomic E-state index is 12.3. The van der Waals surface area contributed by atoms with Gasteiger partial charge in [0.2, 0.25) is 5.91 Å². The second-order valence-corrected chi connectivity index (χ2v) is 5.51. The Hall–Kier alpha value is -2.29. The predicted molar refractivity (Wildman–Crippen MR) is 83.9 cm³/mol. The molecule has 1 atom stereocenters. The molecule has 0 radical (unpaired) electrons. The van der Waals surface area contributed by atoms with Crippen LogP contribution in [0, 0.1) is 6.92 Å². The Labute approximate surface area is 125 Å². The van der Waals surface area contributed by atoms with Gasteiger partial charge in [0.25, 0.3) is 0 Å². The third kappa shape index (κ3) is 2.77. The van der Waals surface area contributed by atoms with E-state index in [0.29, 0.717) is 6.42 Å². The summed E-state index contributed by atoms with van der Waals surface area (Å²) in [5.41, 5.74) is 3.43. The molecular weight excluding hydrogens is 262 g/mol. The summed E-state index contributed by atoms with van der Waals surface area (Å²) >= 11 is 0. The van der Waals surface area contributed by atoms with E-state index in [1.807, 2.05) is 29.2 Å². The summed E-state index contributed by atoms with van der Waals surface area (Å²) in [6, 6.07) is 16.1. The summed E-state index contributed by atoms with van der Waals surface area (Å²) in [6.45, 7) is 2.82. The molecule has 3 rings (SSSR count). The van der Waals surface area contributed by atoms with Crippen LogP contribution < -0.4 is 9.64 Å². The van der Waals surface area contributed by atoms with Crippen molar-refractivity contribution in [2.45, 2.75) is 19.3 Å². The van der Waals surface area contributed by atoms with Crippen molar-refractivity contribution in [1.82, 2.24) is 0 Å². The number of rotatable bonds is 3. The van der Waals surface area contributed by atoms with E-state index < -0.39 is 0 Å². The highest BCUT2D eigenvalue weighted by atomic mass is 16.5. The molecule has 2 aromatic carbocycles.